The minimum absolute atomic E-state index is 0.165. The summed E-state index contributed by atoms with van der Waals surface area (Å²) in [7, 11) is -3.80. The van der Waals surface area contributed by atoms with Crippen molar-refractivity contribution in [1.82, 2.24) is 0 Å². The predicted octanol–water partition coefficient (Wildman–Crippen LogP) is -0.354. The van der Waals surface area contributed by atoms with Gasteiger partial charge in [0.15, 0.2) is 15.4 Å². The van der Waals surface area contributed by atoms with Crippen LogP contribution in [0.4, 0.5) is 8.78 Å². The average molecular weight is 244 g/mol. The van der Waals surface area contributed by atoms with Gasteiger partial charge >= 0.3 is 11.9 Å². The third-order valence-corrected chi connectivity index (χ3v) is 4.19. The molecule has 1 aliphatic heterocycles. The van der Waals surface area contributed by atoms with Crippen molar-refractivity contribution in [3.63, 3.8) is 0 Å². The molecule has 88 valence electrons. The van der Waals surface area contributed by atoms with Crippen LogP contribution in [0.1, 0.15) is 12.8 Å². The van der Waals surface area contributed by atoms with E-state index in [0.717, 1.165) is 0 Å². The zero-order valence-electron chi connectivity index (χ0n) is 7.61. The molecule has 1 heterocycles. The molecule has 1 fully saturated rings. The Morgan fingerprint density at radius 2 is 1.93 bits per heavy atom. The Bertz CT molecular complexity index is 377. The summed E-state index contributed by atoms with van der Waals surface area (Å²) in [5.74, 6) is -8.47. The number of hydrogen-bond acceptors (Lipinski definition) is 4. The summed E-state index contributed by atoms with van der Waals surface area (Å²) in [6.07, 6.45) is -0.701. The lowest BCUT2D eigenvalue weighted by Gasteiger charge is -2.35. The molecule has 1 aliphatic rings. The fraction of sp³-hybridized carbons (Fsp3) is 0.857. The molecule has 0 aliphatic carbocycles. The lowest BCUT2D eigenvalue weighted by Crippen LogP contribution is -2.59. The molecule has 1 atom stereocenters. The third-order valence-electron chi connectivity index (χ3n) is 2.36. The first-order valence-electron chi connectivity index (χ1n) is 4.15. The van der Waals surface area contributed by atoms with Gasteiger partial charge in [-0.2, -0.15) is 8.78 Å². The van der Waals surface area contributed by atoms with Crippen molar-refractivity contribution in [2.24, 2.45) is 0 Å². The van der Waals surface area contributed by atoms with Crippen molar-refractivity contribution < 1.29 is 32.2 Å². The van der Waals surface area contributed by atoms with Crippen LogP contribution in [0.2, 0.25) is 0 Å². The molecule has 2 N–H and O–H groups in total. The molecule has 0 spiro atoms. The van der Waals surface area contributed by atoms with Crippen LogP contribution in [0.3, 0.4) is 0 Å². The van der Waals surface area contributed by atoms with Crippen LogP contribution in [0.15, 0.2) is 0 Å². The molecule has 0 aromatic heterocycles. The highest BCUT2D eigenvalue weighted by Gasteiger charge is 2.61. The van der Waals surface area contributed by atoms with Gasteiger partial charge in [0.2, 0.25) is 0 Å². The number of carbonyl (C=O) groups is 1. The molecule has 15 heavy (non-hydrogen) atoms. The van der Waals surface area contributed by atoms with Gasteiger partial charge in [0.05, 0.1) is 11.5 Å². The Morgan fingerprint density at radius 3 is 2.33 bits per heavy atom. The topological polar surface area (TPSA) is 91.7 Å². The van der Waals surface area contributed by atoms with Gasteiger partial charge in [-0.1, -0.05) is 0 Å². The molecular weight excluding hydrogens is 234 g/mol. The third kappa shape index (κ3) is 2.10. The molecule has 1 rings (SSSR count). The van der Waals surface area contributed by atoms with E-state index < -0.39 is 39.5 Å². The number of sulfone groups is 1. The van der Waals surface area contributed by atoms with Crippen LogP contribution in [0, 0.1) is 0 Å². The summed E-state index contributed by atoms with van der Waals surface area (Å²) >= 11 is 0. The van der Waals surface area contributed by atoms with Crippen LogP contribution < -0.4 is 0 Å². The largest absolute Gasteiger partial charge is 0.477 e. The van der Waals surface area contributed by atoms with Crippen LogP contribution in [-0.2, 0) is 14.6 Å². The predicted molar refractivity (Wildman–Crippen MR) is 45.4 cm³/mol. The molecule has 0 saturated carbocycles. The molecule has 0 bridgehead atoms. The zero-order valence-corrected chi connectivity index (χ0v) is 8.43. The van der Waals surface area contributed by atoms with Crippen molar-refractivity contribution in [2.45, 2.75) is 24.4 Å². The van der Waals surface area contributed by atoms with Gasteiger partial charge in [-0.25, -0.2) is 13.2 Å². The van der Waals surface area contributed by atoms with E-state index in [9.17, 15) is 27.1 Å². The molecule has 8 heteroatoms. The maximum absolute atomic E-state index is 13.0. The van der Waals surface area contributed by atoms with E-state index in [2.05, 4.69) is 0 Å². The summed E-state index contributed by atoms with van der Waals surface area (Å²) in [4.78, 5) is 10.2. The molecule has 0 radical (unpaired) electrons. The van der Waals surface area contributed by atoms with Crippen LogP contribution in [0.5, 0.6) is 0 Å². The van der Waals surface area contributed by atoms with Gasteiger partial charge < -0.3 is 10.2 Å². The number of alkyl halides is 2. The van der Waals surface area contributed by atoms with E-state index in [1.165, 1.54) is 0 Å². The van der Waals surface area contributed by atoms with E-state index in [-0.39, 0.29) is 12.2 Å². The quantitative estimate of drug-likeness (QED) is 0.692. The Morgan fingerprint density at radius 1 is 1.40 bits per heavy atom. The fourth-order valence-electron chi connectivity index (χ4n) is 1.54. The molecule has 0 amide bonds. The van der Waals surface area contributed by atoms with E-state index in [1.54, 1.807) is 0 Å². The van der Waals surface area contributed by atoms with Gasteiger partial charge in [0.1, 0.15) is 0 Å². The highest BCUT2D eigenvalue weighted by Crippen LogP contribution is 2.37. The maximum atomic E-state index is 13.0. The van der Waals surface area contributed by atoms with E-state index in [0.29, 0.717) is 0 Å². The Hall–Kier alpha value is -0.760. The molecule has 0 aromatic carbocycles. The minimum atomic E-state index is -4.44. The highest BCUT2D eigenvalue weighted by molar-refractivity contribution is 7.91. The van der Waals surface area contributed by atoms with Gasteiger partial charge in [-0.3, -0.25) is 0 Å². The minimum Gasteiger partial charge on any atom is -0.477 e. The zero-order chi connectivity index (χ0) is 11.9. The van der Waals surface area contributed by atoms with Crippen molar-refractivity contribution in [3.05, 3.63) is 0 Å². The van der Waals surface area contributed by atoms with Gasteiger partial charge in [-0.15, -0.1) is 0 Å². The first-order valence-corrected chi connectivity index (χ1v) is 5.97. The van der Waals surface area contributed by atoms with Gasteiger partial charge in [-0.05, 0) is 12.8 Å². The lowest BCUT2D eigenvalue weighted by atomic mass is 9.92. The summed E-state index contributed by atoms with van der Waals surface area (Å²) in [6, 6.07) is 0. The summed E-state index contributed by atoms with van der Waals surface area (Å²) in [5.41, 5.74) is -2.99. The summed E-state index contributed by atoms with van der Waals surface area (Å²) in [6.45, 7) is 0. The Balaban J connectivity index is 3.07. The number of halogens is 2. The lowest BCUT2D eigenvalue weighted by molar-refractivity contribution is -0.205. The van der Waals surface area contributed by atoms with E-state index in [1.807, 2.05) is 0 Å². The fourth-order valence-corrected chi connectivity index (χ4v) is 3.32. The number of rotatable bonds is 2. The van der Waals surface area contributed by atoms with Crippen LogP contribution in [0.25, 0.3) is 0 Å². The van der Waals surface area contributed by atoms with E-state index >= 15 is 0 Å². The van der Waals surface area contributed by atoms with Crippen molar-refractivity contribution >= 4 is 15.8 Å². The van der Waals surface area contributed by atoms with Crippen molar-refractivity contribution in [2.75, 3.05) is 11.5 Å². The maximum Gasteiger partial charge on any atom is 0.377 e. The average Bonchev–Trinajstić information content (AvgIpc) is 2.00. The highest BCUT2D eigenvalue weighted by atomic mass is 32.2. The van der Waals surface area contributed by atoms with Gasteiger partial charge in [0.25, 0.3) is 0 Å². The number of aliphatic hydroxyl groups is 1. The SMILES string of the molecule is O=C(O)C(F)(F)C1(O)CCCS(=O)(=O)C1. The van der Waals surface area contributed by atoms with Crippen LogP contribution in [-0.4, -0.2) is 47.6 Å². The molecule has 1 saturated heterocycles. The molecule has 5 nitrogen and oxygen atoms in total. The number of carboxylic acids is 1. The second-order valence-electron chi connectivity index (χ2n) is 3.61. The first-order chi connectivity index (χ1) is 6.61. The smallest absolute Gasteiger partial charge is 0.377 e. The monoisotopic (exact) mass is 244 g/mol. The van der Waals surface area contributed by atoms with Crippen LogP contribution >= 0.6 is 0 Å². The molecule has 0 aromatic rings. The number of carboxylic acid groups (broad SMARTS) is 1. The summed E-state index contributed by atoms with van der Waals surface area (Å²) < 4.78 is 48.2. The molecular formula is C7H10F2O5S. The Labute approximate surface area is 84.6 Å². The van der Waals surface area contributed by atoms with Gasteiger partial charge in [0, 0.05) is 0 Å². The second kappa shape index (κ2) is 3.38. The van der Waals surface area contributed by atoms with Crippen molar-refractivity contribution in [3.8, 4) is 0 Å². The number of aliphatic carboxylic acids is 1. The summed E-state index contributed by atoms with van der Waals surface area (Å²) in [5, 5.41) is 17.6. The normalized spacial score (nSPS) is 31.1. The molecule has 1 unspecified atom stereocenters. The Kier molecular flexibility index (Phi) is 2.77. The van der Waals surface area contributed by atoms with Crippen molar-refractivity contribution in [1.29, 1.82) is 0 Å². The standard InChI is InChI=1S/C7H10F2O5S/c8-7(9,5(10)11)6(12)2-1-3-15(13,14)4-6/h12H,1-4H2,(H,10,11). The number of hydrogen-bond donors (Lipinski definition) is 2. The second-order valence-corrected chi connectivity index (χ2v) is 5.79. The first kappa shape index (κ1) is 12.3. The van der Waals surface area contributed by atoms with E-state index in [4.69, 9.17) is 5.11 Å².